The molecule has 5 heteroatoms. The van der Waals surface area contributed by atoms with Gasteiger partial charge in [0.1, 0.15) is 6.20 Å². The zero-order chi connectivity index (χ0) is 6.69. The molecule has 0 unspecified atom stereocenters. The molecule has 0 amide bonds. The van der Waals surface area contributed by atoms with Gasteiger partial charge in [0.2, 0.25) is 0 Å². The summed E-state index contributed by atoms with van der Waals surface area (Å²) in [5.41, 5.74) is 0.137. The van der Waals surface area contributed by atoms with Crippen molar-refractivity contribution >= 4 is 5.97 Å². The first-order chi connectivity index (χ1) is 4.34. The van der Waals surface area contributed by atoms with Gasteiger partial charge in [-0.15, -0.1) is 5.10 Å². The second-order valence-corrected chi connectivity index (χ2v) is 1.29. The summed E-state index contributed by atoms with van der Waals surface area (Å²) in [6, 6.07) is 0. The summed E-state index contributed by atoms with van der Waals surface area (Å²) in [6.45, 7) is 0. The Bertz CT molecular complexity index is 194. The Morgan fingerprint density at radius 2 is 2.67 bits per heavy atom. The molecule has 1 aromatic rings. The highest BCUT2D eigenvalue weighted by Gasteiger charge is 2.05. The first kappa shape index (κ1) is 5.74. The largest absolute Gasteiger partial charge is 0.464 e. The van der Waals surface area contributed by atoms with Gasteiger partial charge >= 0.3 is 5.97 Å². The number of aromatic amines is 1. The summed E-state index contributed by atoms with van der Waals surface area (Å²) in [7, 11) is 1.27. The van der Waals surface area contributed by atoms with Crippen LogP contribution in [-0.2, 0) is 4.74 Å². The predicted octanol–water partition coefficient (Wildman–Crippen LogP) is -0.609. The van der Waals surface area contributed by atoms with Crippen LogP contribution in [-0.4, -0.2) is 28.5 Å². The Morgan fingerprint density at radius 3 is 3.11 bits per heavy atom. The maximum absolute atomic E-state index is 10.5. The molecule has 1 heterocycles. The number of hydrogen-bond acceptors (Lipinski definition) is 4. The number of rotatable bonds is 1. The standard InChI is InChI=1S/C4H4N3O2/c1-9-4(8)3-2-5-7-6-3/h1H3,(H,5,6,7). The fraction of sp³-hybridized carbons (Fsp3) is 0.250. The van der Waals surface area contributed by atoms with Crippen LogP contribution in [0.25, 0.3) is 0 Å². The summed E-state index contributed by atoms with van der Waals surface area (Å²) in [5.74, 6) is -0.514. The highest BCUT2D eigenvalue weighted by Crippen LogP contribution is 1.88. The van der Waals surface area contributed by atoms with Crippen molar-refractivity contribution in [2.24, 2.45) is 0 Å². The Labute approximate surface area is 51.0 Å². The van der Waals surface area contributed by atoms with Gasteiger partial charge in [0.25, 0.3) is 0 Å². The molecule has 0 aromatic carbocycles. The predicted molar refractivity (Wildman–Crippen MR) is 26.6 cm³/mol. The maximum Gasteiger partial charge on any atom is 0.358 e. The number of methoxy groups -OCH3 is 1. The first-order valence-electron chi connectivity index (χ1n) is 2.21. The zero-order valence-corrected chi connectivity index (χ0v) is 4.71. The highest BCUT2D eigenvalue weighted by atomic mass is 16.5. The Balaban J connectivity index is 2.77. The van der Waals surface area contributed by atoms with E-state index in [1.54, 1.807) is 0 Å². The highest BCUT2D eigenvalue weighted by molar-refractivity contribution is 5.86. The van der Waals surface area contributed by atoms with E-state index in [0.717, 1.165) is 0 Å². The molecule has 0 saturated heterocycles. The second kappa shape index (κ2) is 2.25. The molecule has 0 saturated carbocycles. The van der Waals surface area contributed by atoms with Crippen molar-refractivity contribution in [1.82, 2.24) is 15.4 Å². The van der Waals surface area contributed by atoms with Gasteiger partial charge in [0, 0.05) is 0 Å². The van der Waals surface area contributed by atoms with E-state index in [-0.39, 0.29) is 5.69 Å². The first-order valence-corrected chi connectivity index (χ1v) is 2.21. The lowest BCUT2D eigenvalue weighted by molar-refractivity contribution is 0.0593. The lowest BCUT2D eigenvalue weighted by Crippen LogP contribution is -2.01. The quantitative estimate of drug-likeness (QED) is 0.510. The maximum atomic E-state index is 10.5. The van der Waals surface area contributed by atoms with E-state index in [9.17, 15) is 4.79 Å². The van der Waals surface area contributed by atoms with Crippen LogP contribution in [0.3, 0.4) is 0 Å². The Hall–Kier alpha value is -1.39. The van der Waals surface area contributed by atoms with Gasteiger partial charge in [-0.25, -0.2) is 4.79 Å². The summed E-state index contributed by atoms with van der Waals surface area (Å²) in [5, 5.41) is 8.82. The van der Waals surface area contributed by atoms with Gasteiger partial charge in [0.05, 0.1) is 7.11 Å². The third-order valence-electron chi connectivity index (χ3n) is 0.763. The van der Waals surface area contributed by atoms with Crippen molar-refractivity contribution in [2.45, 2.75) is 0 Å². The van der Waals surface area contributed by atoms with Crippen LogP contribution in [0.4, 0.5) is 0 Å². The molecule has 0 bridgehead atoms. The molecular formula is C4H4N3O2. The minimum atomic E-state index is -0.514. The van der Waals surface area contributed by atoms with E-state index < -0.39 is 5.97 Å². The van der Waals surface area contributed by atoms with Gasteiger partial charge in [-0.1, -0.05) is 5.21 Å². The summed E-state index contributed by atoms with van der Waals surface area (Å²) >= 11 is 0. The third-order valence-corrected chi connectivity index (χ3v) is 0.763. The second-order valence-electron chi connectivity index (χ2n) is 1.29. The zero-order valence-electron chi connectivity index (χ0n) is 4.71. The SMILES string of the molecule is COC(=O)c1[c]nn[nH]1. The minimum absolute atomic E-state index is 0.137. The molecule has 47 valence electrons. The topological polar surface area (TPSA) is 67.9 Å². The smallest absolute Gasteiger partial charge is 0.358 e. The fourth-order valence-corrected chi connectivity index (χ4v) is 0.368. The van der Waals surface area contributed by atoms with Crippen molar-refractivity contribution in [3.8, 4) is 0 Å². The van der Waals surface area contributed by atoms with Crippen molar-refractivity contribution in [3.63, 3.8) is 0 Å². The normalized spacial score (nSPS) is 9.00. The lowest BCUT2D eigenvalue weighted by atomic mass is 10.5. The number of aromatic nitrogens is 3. The summed E-state index contributed by atoms with van der Waals surface area (Å²) < 4.78 is 4.31. The number of H-pyrrole nitrogens is 1. The average Bonchev–Trinajstić information content (AvgIpc) is 2.37. The van der Waals surface area contributed by atoms with Crippen LogP contribution in [0.15, 0.2) is 0 Å². The molecule has 5 nitrogen and oxygen atoms in total. The van der Waals surface area contributed by atoms with Gasteiger partial charge in [0.15, 0.2) is 5.69 Å². The van der Waals surface area contributed by atoms with Crippen molar-refractivity contribution < 1.29 is 9.53 Å². The number of ether oxygens (including phenoxy) is 1. The molecule has 0 aliphatic heterocycles. The molecule has 1 radical (unpaired) electrons. The van der Waals surface area contributed by atoms with Crippen LogP contribution in [0.2, 0.25) is 0 Å². The van der Waals surface area contributed by atoms with Crippen molar-refractivity contribution in [3.05, 3.63) is 11.9 Å². The van der Waals surface area contributed by atoms with Crippen molar-refractivity contribution in [1.29, 1.82) is 0 Å². The molecule has 0 aliphatic carbocycles. The monoisotopic (exact) mass is 126 g/mol. The molecule has 0 atom stereocenters. The van der Waals surface area contributed by atoms with Crippen LogP contribution < -0.4 is 0 Å². The van der Waals surface area contributed by atoms with E-state index in [1.807, 2.05) is 0 Å². The molecular weight excluding hydrogens is 122 g/mol. The van der Waals surface area contributed by atoms with Crippen LogP contribution in [0.1, 0.15) is 10.5 Å². The van der Waals surface area contributed by atoms with Gasteiger partial charge < -0.3 is 4.74 Å². The van der Waals surface area contributed by atoms with Gasteiger partial charge in [-0.3, -0.25) is 5.10 Å². The number of esters is 1. The number of nitrogens with zero attached hydrogens (tertiary/aromatic N) is 2. The number of hydrogen-bond donors (Lipinski definition) is 1. The molecule has 0 spiro atoms. The Morgan fingerprint density at radius 1 is 1.89 bits per heavy atom. The molecule has 1 N–H and O–H groups in total. The fourth-order valence-electron chi connectivity index (χ4n) is 0.368. The molecule has 9 heavy (non-hydrogen) atoms. The van der Waals surface area contributed by atoms with Gasteiger partial charge in [-0.05, 0) is 0 Å². The minimum Gasteiger partial charge on any atom is -0.464 e. The van der Waals surface area contributed by atoms with E-state index in [2.05, 4.69) is 26.3 Å². The number of nitrogens with one attached hydrogen (secondary N) is 1. The molecule has 1 rings (SSSR count). The Kier molecular flexibility index (Phi) is 1.44. The van der Waals surface area contributed by atoms with Crippen LogP contribution >= 0.6 is 0 Å². The van der Waals surface area contributed by atoms with Crippen LogP contribution in [0, 0.1) is 6.20 Å². The van der Waals surface area contributed by atoms with Gasteiger partial charge in [-0.2, -0.15) is 0 Å². The lowest BCUT2D eigenvalue weighted by Gasteiger charge is -1.88. The molecule has 0 aliphatic rings. The van der Waals surface area contributed by atoms with E-state index >= 15 is 0 Å². The van der Waals surface area contributed by atoms with E-state index in [1.165, 1.54) is 7.11 Å². The summed E-state index contributed by atoms with van der Waals surface area (Å²) in [4.78, 5) is 10.5. The average molecular weight is 126 g/mol. The van der Waals surface area contributed by atoms with E-state index in [4.69, 9.17) is 0 Å². The number of carbonyl (C=O) groups is 1. The molecule has 1 aromatic heterocycles. The number of carbonyl (C=O) groups excluding carboxylic acids is 1. The van der Waals surface area contributed by atoms with Crippen LogP contribution in [0.5, 0.6) is 0 Å². The van der Waals surface area contributed by atoms with E-state index in [0.29, 0.717) is 0 Å². The van der Waals surface area contributed by atoms with Crippen molar-refractivity contribution in [2.75, 3.05) is 7.11 Å². The third kappa shape index (κ3) is 1.04. The molecule has 0 fully saturated rings. The summed E-state index contributed by atoms with van der Waals surface area (Å²) in [6.07, 6.45) is 2.30.